The van der Waals surface area contributed by atoms with Gasteiger partial charge in [-0.25, -0.2) is 4.79 Å². The van der Waals surface area contributed by atoms with Crippen molar-refractivity contribution < 1.29 is 19.4 Å². The van der Waals surface area contributed by atoms with Crippen molar-refractivity contribution in [2.24, 2.45) is 0 Å². The van der Waals surface area contributed by atoms with Crippen molar-refractivity contribution in [2.45, 2.75) is 33.3 Å². The van der Waals surface area contributed by atoms with Gasteiger partial charge >= 0.3 is 5.97 Å². The highest BCUT2D eigenvalue weighted by Crippen LogP contribution is 2.29. The van der Waals surface area contributed by atoms with Gasteiger partial charge in [-0.1, -0.05) is 35.0 Å². The second-order valence-corrected chi connectivity index (χ2v) is 6.31. The first-order valence-electron chi connectivity index (χ1n) is 7.78. The van der Waals surface area contributed by atoms with Gasteiger partial charge in [0.1, 0.15) is 5.69 Å². The standard InChI is InChI=1S/C18H20BrNO4/c1-4-13(21)16-14(10(3)15(20-16)18(23)24-5-2)17(22)11-7-6-8-12(19)9-11/h6-9,13,20-21H,4-5H2,1-3H3. The molecule has 2 N–H and O–H groups in total. The summed E-state index contributed by atoms with van der Waals surface area (Å²) < 4.78 is 5.81. The number of hydrogen-bond acceptors (Lipinski definition) is 4. The zero-order valence-electron chi connectivity index (χ0n) is 13.9. The molecule has 1 atom stereocenters. The second kappa shape index (κ2) is 7.77. The molecule has 1 heterocycles. The summed E-state index contributed by atoms with van der Waals surface area (Å²) in [7, 11) is 0. The number of aliphatic hydroxyl groups excluding tert-OH is 1. The van der Waals surface area contributed by atoms with E-state index in [2.05, 4.69) is 20.9 Å². The minimum atomic E-state index is -0.863. The summed E-state index contributed by atoms with van der Waals surface area (Å²) in [6, 6.07) is 7.00. The Morgan fingerprint density at radius 2 is 2.04 bits per heavy atom. The number of hydrogen-bond donors (Lipinski definition) is 2. The molecule has 2 rings (SSSR count). The molecule has 128 valence electrons. The lowest BCUT2D eigenvalue weighted by Crippen LogP contribution is -2.09. The Kier molecular flexibility index (Phi) is 5.96. The number of rotatable bonds is 6. The highest BCUT2D eigenvalue weighted by Gasteiger charge is 2.28. The van der Waals surface area contributed by atoms with Crippen molar-refractivity contribution in [2.75, 3.05) is 6.61 Å². The number of esters is 1. The molecule has 1 aromatic carbocycles. The maximum absolute atomic E-state index is 13.0. The summed E-state index contributed by atoms with van der Waals surface area (Å²) in [5.41, 5.74) is 1.85. The summed E-state index contributed by atoms with van der Waals surface area (Å²) in [4.78, 5) is 27.9. The first kappa shape index (κ1) is 18.4. The molecule has 24 heavy (non-hydrogen) atoms. The molecular weight excluding hydrogens is 374 g/mol. The van der Waals surface area contributed by atoms with Gasteiger partial charge in [0.15, 0.2) is 5.78 Å². The summed E-state index contributed by atoms with van der Waals surface area (Å²) in [6.07, 6.45) is -0.445. The molecule has 0 aliphatic rings. The molecule has 2 aromatic rings. The fraction of sp³-hybridized carbons (Fsp3) is 0.333. The van der Waals surface area contributed by atoms with E-state index in [4.69, 9.17) is 4.74 Å². The summed E-state index contributed by atoms with van der Waals surface area (Å²) >= 11 is 3.35. The number of aromatic amines is 1. The molecule has 1 unspecified atom stereocenters. The number of ketones is 1. The molecule has 0 fully saturated rings. The number of aliphatic hydroxyl groups is 1. The Morgan fingerprint density at radius 3 is 2.62 bits per heavy atom. The SMILES string of the molecule is CCOC(=O)c1[nH]c(C(O)CC)c(C(=O)c2cccc(Br)c2)c1C. The van der Waals surface area contributed by atoms with Crippen LogP contribution in [0, 0.1) is 6.92 Å². The highest BCUT2D eigenvalue weighted by molar-refractivity contribution is 9.10. The van der Waals surface area contributed by atoms with E-state index < -0.39 is 12.1 Å². The summed E-state index contributed by atoms with van der Waals surface area (Å²) in [5, 5.41) is 10.3. The third-order valence-corrected chi connectivity index (χ3v) is 4.29. The Balaban J connectivity index is 2.58. The quantitative estimate of drug-likeness (QED) is 0.575. The molecule has 0 bridgehead atoms. The summed E-state index contributed by atoms with van der Waals surface area (Å²) in [5.74, 6) is -0.782. The van der Waals surface area contributed by atoms with Crippen molar-refractivity contribution >= 4 is 27.7 Å². The van der Waals surface area contributed by atoms with Crippen molar-refractivity contribution in [3.05, 3.63) is 56.8 Å². The van der Waals surface area contributed by atoms with Crippen LogP contribution in [0.25, 0.3) is 0 Å². The van der Waals surface area contributed by atoms with E-state index in [1.54, 1.807) is 39.0 Å². The maximum atomic E-state index is 13.0. The van der Waals surface area contributed by atoms with Crippen LogP contribution in [-0.2, 0) is 4.74 Å². The fourth-order valence-electron chi connectivity index (χ4n) is 2.55. The van der Waals surface area contributed by atoms with Crippen LogP contribution in [0.5, 0.6) is 0 Å². The number of nitrogens with one attached hydrogen (secondary N) is 1. The van der Waals surface area contributed by atoms with Gasteiger partial charge in [0.25, 0.3) is 0 Å². The second-order valence-electron chi connectivity index (χ2n) is 5.40. The average Bonchev–Trinajstić information content (AvgIpc) is 2.91. The van der Waals surface area contributed by atoms with Crippen molar-refractivity contribution in [3.8, 4) is 0 Å². The van der Waals surface area contributed by atoms with Gasteiger partial charge in [-0.15, -0.1) is 0 Å². The molecule has 0 aliphatic heterocycles. The number of aromatic nitrogens is 1. The first-order chi connectivity index (χ1) is 11.4. The Morgan fingerprint density at radius 1 is 1.33 bits per heavy atom. The van der Waals surface area contributed by atoms with Crippen molar-refractivity contribution in [1.82, 2.24) is 4.98 Å². The zero-order valence-corrected chi connectivity index (χ0v) is 15.4. The van der Waals surface area contributed by atoms with E-state index in [-0.39, 0.29) is 18.1 Å². The van der Waals surface area contributed by atoms with Crippen LogP contribution in [0.15, 0.2) is 28.7 Å². The number of carbonyl (C=O) groups is 2. The summed E-state index contributed by atoms with van der Waals surface area (Å²) in [6.45, 7) is 5.43. The molecule has 0 spiro atoms. The normalized spacial score (nSPS) is 12.0. The zero-order chi connectivity index (χ0) is 17.9. The molecule has 1 aromatic heterocycles. The smallest absolute Gasteiger partial charge is 0.355 e. The van der Waals surface area contributed by atoms with E-state index in [0.29, 0.717) is 28.8 Å². The van der Waals surface area contributed by atoms with Gasteiger partial charge in [0, 0.05) is 15.6 Å². The van der Waals surface area contributed by atoms with Gasteiger partial charge in [0.05, 0.1) is 18.4 Å². The molecule has 5 nitrogen and oxygen atoms in total. The third kappa shape index (κ3) is 3.60. The highest BCUT2D eigenvalue weighted by atomic mass is 79.9. The molecular formula is C18H20BrNO4. The van der Waals surface area contributed by atoms with Crippen LogP contribution in [0.3, 0.4) is 0 Å². The van der Waals surface area contributed by atoms with E-state index in [0.717, 1.165) is 4.47 Å². The maximum Gasteiger partial charge on any atom is 0.355 e. The lowest BCUT2D eigenvalue weighted by atomic mass is 9.97. The number of benzene rings is 1. The number of H-pyrrole nitrogens is 1. The largest absolute Gasteiger partial charge is 0.461 e. The average molecular weight is 394 g/mol. The predicted molar refractivity (Wildman–Crippen MR) is 94.3 cm³/mol. The van der Waals surface area contributed by atoms with Gasteiger partial charge < -0.3 is 14.8 Å². The molecule has 6 heteroatoms. The van der Waals surface area contributed by atoms with Crippen LogP contribution in [0.1, 0.15) is 64.0 Å². The van der Waals surface area contributed by atoms with Crippen LogP contribution in [-0.4, -0.2) is 28.4 Å². The monoisotopic (exact) mass is 393 g/mol. The van der Waals surface area contributed by atoms with E-state index in [1.165, 1.54) is 0 Å². The molecule has 0 amide bonds. The van der Waals surface area contributed by atoms with Crippen molar-refractivity contribution in [1.29, 1.82) is 0 Å². The first-order valence-corrected chi connectivity index (χ1v) is 8.57. The van der Waals surface area contributed by atoms with Gasteiger partial charge in [0.2, 0.25) is 0 Å². The third-order valence-electron chi connectivity index (χ3n) is 3.79. The van der Waals surface area contributed by atoms with E-state index in [1.807, 2.05) is 6.07 Å². The van der Waals surface area contributed by atoms with E-state index >= 15 is 0 Å². The minimum Gasteiger partial charge on any atom is -0.461 e. The molecule has 0 radical (unpaired) electrons. The van der Waals surface area contributed by atoms with Gasteiger partial charge in [-0.2, -0.15) is 0 Å². The Labute approximate surface area is 149 Å². The molecule has 0 saturated carbocycles. The van der Waals surface area contributed by atoms with E-state index in [9.17, 15) is 14.7 Å². The van der Waals surface area contributed by atoms with Crippen LogP contribution in [0.2, 0.25) is 0 Å². The van der Waals surface area contributed by atoms with Crippen LogP contribution >= 0.6 is 15.9 Å². The van der Waals surface area contributed by atoms with Crippen LogP contribution in [0.4, 0.5) is 0 Å². The molecule has 0 aliphatic carbocycles. The minimum absolute atomic E-state index is 0.206. The predicted octanol–water partition coefficient (Wildman–Crippen LogP) is 3.94. The topological polar surface area (TPSA) is 79.4 Å². The Hall–Kier alpha value is -1.92. The van der Waals surface area contributed by atoms with Crippen LogP contribution < -0.4 is 0 Å². The molecule has 0 saturated heterocycles. The fourth-order valence-corrected chi connectivity index (χ4v) is 2.95. The number of carbonyl (C=O) groups excluding carboxylic acids is 2. The number of halogens is 1. The lowest BCUT2D eigenvalue weighted by molar-refractivity contribution is 0.0518. The van der Waals surface area contributed by atoms with Gasteiger partial charge in [-0.05, 0) is 38.0 Å². The number of ether oxygens (including phenoxy) is 1. The Bertz CT molecular complexity index is 766. The lowest BCUT2D eigenvalue weighted by Gasteiger charge is -2.10. The van der Waals surface area contributed by atoms with Gasteiger partial charge in [-0.3, -0.25) is 4.79 Å². The van der Waals surface area contributed by atoms with Crippen molar-refractivity contribution in [3.63, 3.8) is 0 Å².